The van der Waals surface area contributed by atoms with Crippen LogP contribution in [0.2, 0.25) is 0 Å². The molecule has 106 valence electrons. The first-order valence-corrected chi connectivity index (χ1v) is 6.93. The molecule has 1 aromatic rings. The van der Waals surface area contributed by atoms with Crippen LogP contribution in [0, 0.1) is 11.7 Å². The van der Waals surface area contributed by atoms with Gasteiger partial charge in [-0.3, -0.25) is 0 Å². The second kappa shape index (κ2) is 5.88. The van der Waals surface area contributed by atoms with Crippen LogP contribution in [0.15, 0.2) is 18.2 Å². The fourth-order valence-corrected chi connectivity index (χ4v) is 2.77. The summed E-state index contributed by atoms with van der Waals surface area (Å²) in [6.07, 6.45) is 0.658. The van der Waals surface area contributed by atoms with Crippen LogP contribution in [-0.4, -0.2) is 31.3 Å². The highest BCUT2D eigenvalue weighted by Gasteiger charge is 2.28. The number of aliphatic hydroxyl groups excluding tert-OH is 1. The Hall–Kier alpha value is -1.13. The third-order valence-corrected chi connectivity index (χ3v) is 4.14. The molecule has 1 aliphatic heterocycles. The van der Waals surface area contributed by atoms with Crippen molar-refractivity contribution in [1.82, 2.24) is 5.32 Å². The lowest BCUT2D eigenvalue weighted by molar-refractivity contribution is 0.136. The van der Waals surface area contributed by atoms with Crippen LogP contribution in [0.3, 0.4) is 0 Å². The van der Waals surface area contributed by atoms with Gasteiger partial charge in [0.05, 0.1) is 6.10 Å². The van der Waals surface area contributed by atoms with Crippen molar-refractivity contribution < 1.29 is 9.50 Å². The first-order valence-electron chi connectivity index (χ1n) is 6.93. The lowest BCUT2D eigenvalue weighted by Gasteiger charge is -2.25. The Morgan fingerprint density at radius 1 is 1.42 bits per heavy atom. The number of nitrogens with one attached hydrogen (secondary N) is 1. The van der Waals surface area contributed by atoms with E-state index in [1.54, 1.807) is 6.07 Å². The van der Waals surface area contributed by atoms with Crippen LogP contribution >= 0.6 is 0 Å². The molecule has 2 N–H and O–H groups in total. The number of aliphatic hydroxyl groups is 1. The molecule has 1 heterocycles. The Kier molecular flexibility index (Phi) is 4.42. The molecule has 0 spiro atoms. The molecule has 19 heavy (non-hydrogen) atoms. The number of nitrogens with zero attached hydrogens (tertiary/aromatic N) is 1. The van der Waals surface area contributed by atoms with Crippen molar-refractivity contribution in [1.29, 1.82) is 0 Å². The molecule has 0 radical (unpaired) electrons. The molecule has 1 aromatic carbocycles. The molecule has 1 aliphatic rings. The molecule has 2 rings (SSSR count). The topological polar surface area (TPSA) is 35.5 Å². The monoisotopic (exact) mass is 266 g/mol. The molecule has 0 saturated carbocycles. The van der Waals surface area contributed by atoms with Gasteiger partial charge < -0.3 is 15.3 Å². The number of benzene rings is 1. The van der Waals surface area contributed by atoms with Crippen LogP contribution in [0.1, 0.15) is 31.9 Å². The highest BCUT2D eigenvalue weighted by molar-refractivity contribution is 5.56. The summed E-state index contributed by atoms with van der Waals surface area (Å²) in [5.74, 6) is 0.112. The van der Waals surface area contributed by atoms with Crippen molar-refractivity contribution in [3.05, 3.63) is 29.6 Å². The molecule has 0 bridgehead atoms. The summed E-state index contributed by atoms with van der Waals surface area (Å²) in [6, 6.07) is 5.21. The fraction of sp³-hybridized carbons (Fsp3) is 0.600. The van der Waals surface area contributed by atoms with Crippen LogP contribution in [0.25, 0.3) is 0 Å². The second-order valence-electron chi connectivity index (χ2n) is 5.42. The Balaban J connectivity index is 2.28. The first-order chi connectivity index (χ1) is 9.04. The van der Waals surface area contributed by atoms with Gasteiger partial charge in [-0.25, -0.2) is 4.39 Å². The Bertz CT molecular complexity index is 436. The Labute approximate surface area is 114 Å². The number of hydrogen-bond donors (Lipinski definition) is 2. The van der Waals surface area contributed by atoms with E-state index >= 15 is 0 Å². The molecule has 0 amide bonds. The zero-order valence-corrected chi connectivity index (χ0v) is 11.9. The van der Waals surface area contributed by atoms with Gasteiger partial charge in [-0.2, -0.15) is 0 Å². The molecule has 0 aliphatic carbocycles. The maximum Gasteiger partial charge on any atom is 0.130 e. The molecule has 4 heteroatoms. The summed E-state index contributed by atoms with van der Waals surface area (Å²) in [4.78, 5) is 2.18. The first kappa shape index (κ1) is 14.3. The zero-order valence-electron chi connectivity index (χ0n) is 11.9. The van der Waals surface area contributed by atoms with Gasteiger partial charge in [0.2, 0.25) is 0 Å². The van der Waals surface area contributed by atoms with E-state index in [2.05, 4.69) is 10.2 Å². The third-order valence-electron chi connectivity index (χ3n) is 4.14. The van der Waals surface area contributed by atoms with Gasteiger partial charge in [0.25, 0.3) is 0 Å². The largest absolute Gasteiger partial charge is 0.393 e. The van der Waals surface area contributed by atoms with Crippen LogP contribution < -0.4 is 10.2 Å². The summed E-state index contributed by atoms with van der Waals surface area (Å²) in [6.45, 7) is 5.47. The average Bonchev–Trinajstić information content (AvgIpc) is 2.87. The number of rotatable bonds is 4. The smallest absolute Gasteiger partial charge is 0.130 e. The van der Waals surface area contributed by atoms with Crippen LogP contribution in [0.5, 0.6) is 0 Å². The summed E-state index contributed by atoms with van der Waals surface area (Å²) >= 11 is 0. The van der Waals surface area contributed by atoms with Gasteiger partial charge >= 0.3 is 0 Å². The van der Waals surface area contributed by atoms with E-state index in [9.17, 15) is 9.50 Å². The highest BCUT2D eigenvalue weighted by atomic mass is 19.1. The molecule has 1 saturated heterocycles. The van der Waals surface area contributed by atoms with Gasteiger partial charge in [0, 0.05) is 36.3 Å². The van der Waals surface area contributed by atoms with E-state index < -0.39 is 0 Å². The van der Waals surface area contributed by atoms with Crippen molar-refractivity contribution in [2.75, 3.05) is 25.0 Å². The summed E-state index contributed by atoms with van der Waals surface area (Å²) in [5, 5.41) is 12.8. The molecular formula is C15H23FN2O. The van der Waals surface area contributed by atoms with Crippen molar-refractivity contribution in [2.24, 2.45) is 5.92 Å². The van der Waals surface area contributed by atoms with Crippen molar-refractivity contribution in [2.45, 2.75) is 32.4 Å². The van der Waals surface area contributed by atoms with Gasteiger partial charge in [0.15, 0.2) is 0 Å². The predicted molar refractivity (Wildman–Crippen MR) is 75.9 cm³/mol. The predicted octanol–water partition coefficient (Wildman–Crippen LogP) is 2.31. The van der Waals surface area contributed by atoms with E-state index in [1.165, 1.54) is 6.07 Å². The summed E-state index contributed by atoms with van der Waals surface area (Å²) in [5.41, 5.74) is 1.67. The van der Waals surface area contributed by atoms with Gasteiger partial charge in [-0.1, -0.05) is 6.07 Å². The molecule has 0 aromatic heterocycles. The zero-order chi connectivity index (χ0) is 14.0. The molecule has 3 unspecified atom stereocenters. The lowest BCUT2D eigenvalue weighted by atomic mass is 10.0. The van der Waals surface area contributed by atoms with E-state index in [1.807, 2.05) is 27.0 Å². The minimum Gasteiger partial charge on any atom is -0.393 e. The summed E-state index contributed by atoms with van der Waals surface area (Å²) < 4.78 is 14.1. The fourth-order valence-electron chi connectivity index (χ4n) is 2.77. The Morgan fingerprint density at radius 2 is 2.16 bits per heavy atom. The molecular weight excluding hydrogens is 243 g/mol. The lowest BCUT2D eigenvalue weighted by Crippen LogP contribution is -2.26. The third kappa shape index (κ3) is 2.90. The van der Waals surface area contributed by atoms with Gasteiger partial charge in [0.1, 0.15) is 5.82 Å². The maximum absolute atomic E-state index is 14.1. The van der Waals surface area contributed by atoms with E-state index in [-0.39, 0.29) is 23.9 Å². The maximum atomic E-state index is 14.1. The quantitative estimate of drug-likeness (QED) is 0.878. The summed E-state index contributed by atoms with van der Waals surface area (Å²) in [7, 11) is 1.84. The SMILES string of the molecule is CNC(C)c1c(F)cccc1N1CCC(C(C)O)C1. The van der Waals surface area contributed by atoms with Crippen LogP contribution in [0.4, 0.5) is 10.1 Å². The average molecular weight is 266 g/mol. The van der Waals surface area contributed by atoms with Gasteiger partial charge in [-0.05, 0) is 39.4 Å². The Morgan fingerprint density at radius 3 is 2.74 bits per heavy atom. The normalized spacial score (nSPS) is 22.6. The highest BCUT2D eigenvalue weighted by Crippen LogP contribution is 2.33. The number of hydrogen-bond acceptors (Lipinski definition) is 3. The molecule has 3 atom stereocenters. The minimum atomic E-state index is -0.302. The van der Waals surface area contributed by atoms with E-state index in [4.69, 9.17) is 0 Å². The van der Waals surface area contributed by atoms with E-state index in [0.717, 1.165) is 30.8 Å². The minimum absolute atomic E-state index is 0.0261. The second-order valence-corrected chi connectivity index (χ2v) is 5.42. The van der Waals surface area contributed by atoms with Crippen LogP contribution in [-0.2, 0) is 0 Å². The van der Waals surface area contributed by atoms with Crippen molar-refractivity contribution in [3.8, 4) is 0 Å². The van der Waals surface area contributed by atoms with Crippen molar-refractivity contribution >= 4 is 5.69 Å². The number of anilines is 1. The van der Waals surface area contributed by atoms with E-state index in [0.29, 0.717) is 0 Å². The van der Waals surface area contributed by atoms with Crippen molar-refractivity contribution in [3.63, 3.8) is 0 Å². The standard InChI is InChI=1S/C15H23FN2O/c1-10(17-3)15-13(16)5-4-6-14(15)18-8-7-12(9-18)11(2)19/h4-6,10-12,17,19H,7-9H2,1-3H3. The molecule has 3 nitrogen and oxygen atoms in total. The number of halogens is 1. The molecule has 1 fully saturated rings. The van der Waals surface area contributed by atoms with Gasteiger partial charge in [-0.15, -0.1) is 0 Å².